The van der Waals surface area contributed by atoms with Crippen molar-refractivity contribution in [2.75, 3.05) is 0 Å². The molecule has 0 bridgehead atoms. The summed E-state index contributed by atoms with van der Waals surface area (Å²) in [6.07, 6.45) is 8.78. The predicted molar refractivity (Wildman–Crippen MR) is 73.5 cm³/mol. The molecule has 0 aliphatic carbocycles. The fourth-order valence-electron chi connectivity index (χ4n) is 2.19. The van der Waals surface area contributed by atoms with Crippen LogP contribution < -0.4 is 0 Å². The van der Waals surface area contributed by atoms with Crippen LogP contribution in [0.1, 0.15) is 31.7 Å². The maximum Gasteiger partial charge on any atom is 0.0882 e. The lowest BCUT2D eigenvalue weighted by Crippen LogP contribution is -1.98. The smallest absolute Gasteiger partial charge is 0.0882 e. The second kappa shape index (κ2) is 6.72. The zero-order valence-corrected chi connectivity index (χ0v) is 11.0. The number of aliphatic hydroxyl groups is 1. The maximum atomic E-state index is 9.07. The summed E-state index contributed by atoms with van der Waals surface area (Å²) in [5.74, 6) is 0. The van der Waals surface area contributed by atoms with Gasteiger partial charge in [-0.25, -0.2) is 0 Å². The van der Waals surface area contributed by atoms with Gasteiger partial charge in [0.05, 0.1) is 18.3 Å². The van der Waals surface area contributed by atoms with Crippen molar-refractivity contribution in [1.82, 2.24) is 0 Å². The third kappa shape index (κ3) is 4.63. The predicted octanol–water partition coefficient (Wildman–Crippen LogP) is 3.10. The number of aliphatic hydroxyl groups excluding tert-OH is 1. The molecule has 3 unspecified atom stereocenters. The summed E-state index contributed by atoms with van der Waals surface area (Å²) in [7, 11) is 0. The van der Waals surface area contributed by atoms with Gasteiger partial charge in [-0.3, -0.25) is 0 Å². The third-order valence-corrected chi connectivity index (χ3v) is 3.24. The van der Waals surface area contributed by atoms with Crippen molar-refractivity contribution in [3.63, 3.8) is 0 Å². The molecule has 98 valence electrons. The van der Waals surface area contributed by atoms with E-state index in [1.54, 1.807) is 6.92 Å². The first-order valence-corrected chi connectivity index (χ1v) is 6.80. The summed E-state index contributed by atoms with van der Waals surface area (Å²) in [6.45, 7) is 1.77. The molecule has 1 saturated heterocycles. The molecular formula is C16H22O2. The number of ether oxygens (including phenoxy) is 1. The molecule has 2 rings (SSSR count). The van der Waals surface area contributed by atoms with Crippen molar-refractivity contribution in [2.24, 2.45) is 0 Å². The number of hydrogen-bond acceptors (Lipinski definition) is 2. The molecule has 2 heteroatoms. The molecule has 1 aliphatic heterocycles. The van der Waals surface area contributed by atoms with E-state index in [4.69, 9.17) is 9.84 Å². The van der Waals surface area contributed by atoms with Gasteiger partial charge in [-0.2, -0.15) is 0 Å². The van der Waals surface area contributed by atoms with Crippen molar-refractivity contribution < 1.29 is 9.84 Å². The number of rotatable bonds is 7. The lowest BCUT2D eigenvalue weighted by Gasteiger charge is -1.97. The molecule has 0 saturated carbocycles. The van der Waals surface area contributed by atoms with E-state index in [1.807, 2.05) is 12.1 Å². The Hall–Kier alpha value is -1.12. The van der Waals surface area contributed by atoms with Crippen molar-refractivity contribution in [3.05, 3.63) is 48.0 Å². The Balaban J connectivity index is 1.58. The Labute approximate surface area is 109 Å². The Morgan fingerprint density at radius 2 is 2.06 bits per heavy atom. The van der Waals surface area contributed by atoms with Crippen molar-refractivity contribution in [3.8, 4) is 0 Å². The minimum Gasteiger partial charge on any atom is -0.389 e. The van der Waals surface area contributed by atoms with Gasteiger partial charge in [0.25, 0.3) is 0 Å². The quantitative estimate of drug-likeness (QED) is 0.455. The highest BCUT2D eigenvalue weighted by Crippen LogP contribution is 2.30. The normalized spacial score (nSPS) is 24.3. The number of unbranched alkanes of at least 4 members (excludes halogenated alkanes) is 1. The highest BCUT2D eigenvalue weighted by Gasteiger charge is 2.37. The standard InChI is InChI=1S/C16H22O2/c1-13(17)8-4-2-7-11-15-16(18-15)12-14-9-5-3-6-10-14/h3-6,8-10,13,15-17H,2,7,11-12H2,1H3/b8-4+. The topological polar surface area (TPSA) is 32.8 Å². The Morgan fingerprint density at radius 1 is 1.28 bits per heavy atom. The minimum atomic E-state index is -0.326. The molecule has 1 aromatic rings. The van der Waals surface area contributed by atoms with Gasteiger partial charge < -0.3 is 9.84 Å². The van der Waals surface area contributed by atoms with Crippen LogP contribution >= 0.6 is 0 Å². The van der Waals surface area contributed by atoms with E-state index >= 15 is 0 Å². The molecule has 2 nitrogen and oxygen atoms in total. The fraction of sp³-hybridized carbons (Fsp3) is 0.500. The van der Waals surface area contributed by atoms with Crippen LogP contribution in [0.5, 0.6) is 0 Å². The van der Waals surface area contributed by atoms with Crippen molar-refractivity contribution in [1.29, 1.82) is 0 Å². The molecule has 1 aliphatic rings. The zero-order valence-electron chi connectivity index (χ0n) is 11.0. The molecule has 0 aromatic heterocycles. The van der Waals surface area contributed by atoms with Crippen molar-refractivity contribution in [2.45, 2.75) is 50.9 Å². The highest BCUT2D eigenvalue weighted by atomic mass is 16.6. The molecule has 0 radical (unpaired) electrons. The van der Waals surface area contributed by atoms with Gasteiger partial charge in [-0.15, -0.1) is 0 Å². The van der Waals surface area contributed by atoms with Crippen LogP contribution in [0, 0.1) is 0 Å². The van der Waals surface area contributed by atoms with E-state index < -0.39 is 0 Å². The minimum absolute atomic E-state index is 0.326. The van der Waals surface area contributed by atoms with E-state index in [1.165, 1.54) is 5.56 Å². The second-order valence-corrected chi connectivity index (χ2v) is 5.00. The Morgan fingerprint density at radius 3 is 2.78 bits per heavy atom. The third-order valence-electron chi connectivity index (χ3n) is 3.24. The van der Waals surface area contributed by atoms with Gasteiger partial charge in [0.2, 0.25) is 0 Å². The average molecular weight is 246 g/mol. The van der Waals surface area contributed by atoms with Crippen molar-refractivity contribution >= 4 is 0 Å². The number of epoxide rings is 1. The molecule has 0 amide bonds. The van der Waals surface area contributed by atoms with E-state index in [-0.39, 0.29) is 6.10 Å². The summed E-state index contributed by atoms with van der Waals surface area (Å²) >= 11 is 0. The summed E-state index contributed by atoms with van der Waals surface area (Å²) in [5.41, 5.74) is 1.36. The maximum absolute atomic E-state index is 9.07. The van der Waals surface area contributed by atoms with Gasteiger partial charge in [0.15, 0.2) is 0 Å². The zero-order chi connectivity index (χ0) is 12.8. The van der Waals surface area contributed by atoms with E-state index in [0.717, 1.165) is 25.7 Å². The molecule has 3 atom stereocenters. The number of allylic oxidation sites excluding steroid dienone is 1. The number of benzene rings is 1. The molecule has 1 aromatic carbocycles. The molecular weight excluding hydrogens is 224 g/mol. The van der Waals surface area contributed by atoms with Crippen LogP contribution in [0.3, 0.4) is 0 Å². The molecule has 1 heterocycles. The first-order valence-electron chi connectivity index (χ1n) is 6.80. The molecule has 18 heavy (non-hydrogen) atoms. The number of hydrogen-bond donors (Lipinski definition) is 1. The largest absolute Gasteiger partial charge is 0.389 e. The summed E-state index contributed by atoms with van der Waals surface area (Å²) in [5, 5.41) is 9.07. The van der Waals surface area contributed by atoms with E-state index in [9.17, 15) is 0 Å². The van der Waals surface area contributed by atoms with Crippen LogP contribution in [-0.2, 0) is 11.2 Å². The van der Waals surface area contributed by atoms with Gasteiger partial charge >= 0.3 is 0 Å². The monoisotopic (exact) mass is 246 g/mol. The first kappa shape index (κ1) is 13.3. The summed E-state index contributed by atoms with van der Waals surface area (Å²) < 4.78 is 5.68. The SMILES string of the molecule is CC(O)/C=C/CCCC1OC1Cc1ccccc1. The van der Waals surface area contributed by atoms with Gasteiger partial charge in [0, 0.05) is 6.42 Å². The van der Waals surface area contributed by atoms with Crippen LogP contribution in [0.25, 0.3) is 0 Å². The fourth-order valence-corrected chi connectivity index (χ4v) is 2.19. The van der Waals surface area contributed by atoms with Gasteiger partial charge in [0.1, 0.15) is 0 Å². The van der Waals surface area contributed by atoms with Crippen LogP contribution in [-0.4, -0.2) is 23.4 Å². The average Bonchev–Trinajstić information content (AvgIpc) is 3.08. The Bertz CT molecular complexity index is 370. The van der Waals surface area contributed by atoms with Gasteiger partial charge in [-0.1, -0.05) is 42.5 Å². The van der Waals surface area contributed by atoms with Crippen LogP contribution in [0.4, 0.5) is 0 Å². The molecule has 1 N–H and O–H groups in total. The van der Waals surface area contributed by atoms with Gasteiger partial charge in [-0.05, 0) is 31.7 Å². The lowest BCUT2D eigenvalue weighted by molar-refractivity contribution is 0.243. The first-order chi connectivity index (χ1) is 8.75. The summed E-state index contributed by atoms with van der Waals surface area (Å²) in [4.78, 5) is 0. The Kier molecular flexibility index (Phi) is 4.97. The lowest BCUT2D eigenvalue weighted by atomic mass is 10.1. The highest BCUT2D eigenvalue weighted by molar-refractivity contribution is 5.17. The summed E-state index contributed by atoms with van der Waals surface area (Å²) in [6, 6.07) is 10.5. The van der Waals surface area contributed by atoms with Crippen LogP contribution in [0.15, 0.2) is 42.5 Å². The van der Waals surface area contributed by atoms with Crippen LogP contribution in [0.2, 0.25) is 0 Å². The molecule has 0 spiro atoms. The van der Waals surface area contributed by atoms with E-state index in [0.29, 0.717) is 12.2 Å². The molecule has 1 fully saturated rings. The van der Waals surface area contributed by atoms with E-state index in [2.05, 4.69) is 30.3 Å². The second-order valence-electron chi connectivity index (χ2n) is 5.00.